The fourth-order valence-electron chi connectivity index (χ4n) is 3.21. The molecule has 0 unspecified atom stereocenters. The third kappa shape index (κ3) is 3.43. The monoisotopic (exact) mass is 424 g/mol. The Kier molecular flexibility index (Phi) is 5.28. The third-order valence-electron chi connectivity index (χ3n) is 4.60. The van der Waals surface area contributed by atoms with Gasteiger partial charge in [-0.25, -0.2) is 4.98 Å². The first-order valence-electron chi connectivity index (χ1n) is 9.07. The topological polar surface area (TPSA) is 98.4 Å². The molecule has 0 bridgehead atoms. The van der Waals surface area contributed by atoms with Crippen molar-refractivity contribution in [2.45, 2.75) is 6.92 Å². The molecule has 30 heavy (non-hydrogen) atoms. The highest BCUT2D eigenvalue weighted by atomic mass is 32.1. The second-order valence-corrected chi connectivity index (χ2v) is 7.39. The van der Waals surface area contributed by atoms with Gasteiger partial charge in [0.1, 0.15) is 11.4 Å². The number of aromatic nitrogens is 3. The maximum absolute atomic E-state index is 12.9. The quantitative estimate of drug-likeness (QED) is 0.480. The second-order valence-electron chi connectivity index (χ2n) is 6.39. The highest BCUT2D eigenvalue weighted by Gasteiger charge is 2.20. The van der Waals surface area contributed by atoms with Crippen molar-refractivity contribution in [1.82, 2.24) is 15.0 Å². The van der Waals surface area contributed by atoms with E-state index in [0.29, 0.717) is 39.0 Å². The number of rotatable bonds is 6. The zero-order valence-electron chi connectivity index (χ0n) is 16.9. The number of amides is 1. The van der Waals surface area contributed by atoms with E-state index in [1.807, 2.05) is 25.1 Å². The fourth-order valence-corrected chi connectivity index (χ4v) is 4.15. The van der Waals surface area contributed by atoms with Crippen LogP contribution in [0.15, 0.2) is 36.5 Å². The summed E-state index contributed by atoms with van der Waals surface area (Å²) in [4.78, 5) is 25.7. The number of aromatic amines is 1. The molecular weight excluding hydrogens is 404 g/mol. The second kappa shape index (κ2) is 8.03. The van der Waals surface area contributed by atoms with Gasteiger partial charge in [-0.1, -0.05) is 17.4 Å². The number of ether oxygens (including phenoxy) is 3. The Morgan fingerprint density at radius 1 is 1.10 bits per heavy atom. The molecule has 1 amide bonds. The molecule has 0 aliphatic carbocycles. The Labute approximate surface area is 176 Å². The van der Waals surface area contributed by atoms with E-state index < -0.39 is 0 Å². The van der Waals surface area contributed by atoms with E-state index in [1.165, 1.54) is 11.3 Å². The van der Waals surface area contributed by atoms with Gasteiger partial charge in [-0.2, -0.15) is 0 Å². The standard InChI is InChI=1S/C21H20N4O4S/c1-11-19(13-7-5-6-8-22-13)30-21(23-11)25-20(26)14-9-12-15(27-2)10-16(28-3)18(29-4)17(12)24-14/h5-10,24H,1-4H3,(H,23,25,26). The highest BCUT2D eigenvalue weighted by Crippen LogP contribution is 2.41. The number of pyridine rings is 1. The van der Waals surface area contributed by atoms with Crippen LogP contribution >= 0.6 is 11.3 Å². The molecule has 154 valence electrons. The number of methoxy groups -OCH3 is 3. The van der Waals surface area contributed by atoms with Crippen molar-refractivity contribution in [3.63, 3.8) is 0 Å². The van der Waals surface area contributed by atoms with E-state index in [1.54, 1.807) is 39.7 Å². The number of benzene rings is 1. The summed E-state index contributed by atoms with van der Waals surface area (Å²) in [6.07, 6.45) is 1.73. The van der Waals surface area contributed by atoms with E-state index in [-0.39, 0.29) is 5.91 Å². The molecule has 0 atom stereocenters. The maximum atomic E-state index is 12.9. The molecule has 3 heterocycles. The molecule has 9 heteroatoms. The largest absolute Gasteiger partial charge is 0.496 e. The number of carbonyl (C=O) groups excluding carboxylic acids is 1. The summed E-state index contributed by atoms with van der Waals surface area (Å²) >= 11 is 1.38. The van der Waals surface area contributed by atoms with Crippen LogP contribution in [0.3, 0.4) is 0 Å². The first-order chi connectivity index (χ1) is 14.5. The summed E-state index contributed by atoms with van der Waals surface area (Å²) in [5, 5.41) is 4.06. The number of thiazole rings is 1. The lowest BCUT2D eigenvalue weighted by atomic mass is 10.2. The minimum absolute atomic E-state index is 0.324. The number of nitrogens with one attached hydrogen (secondary N) is 2. The van der Waals surface area contributed by atoms with Crippen molar-refractivity contribution in [2.75, 3.05) is 26.6 Å². The number of carbonyl (C=O) groups is 1. The summed E-state index contributed by atoms with van der Waals surface area (Å²) in [6.45, 7) is 1.89. The van der Waals surface area contributed by atoms with Crippen LogP contribution in [0, 0.1) is 6.92 Å². The lowest BCUT2D eigenvalue weighted by Gasteiger charge is -2.11. The van der Waals surface area contributed by atoms with Crippen LogP contribution in [0.4, 0.5) is 5.13 Å². The maximum Gasteiger partial charge on any atom is 0.273 e. The van der Waals surface area contributed by atoms with Gasteiger partial charge >= 0.3 is 0 Å². The average Bonchev–Trinajstić information content (AvgIpc) is 3.37. The van der Waals surface area contributed by atoms with Crippen molar-refractivity contribution >= 4 is 33.3 Å². The van der Waals surface area contributed by atoms with Crippen LogP contribution in [-0.4, -0.2) is 42.2 Å². The van der Waals surface area contributed by atoms with Crippen molar-refractivity contribution < 1.29 is 19.0 Å². The van der Waals surface area contributed by atoms with Crippen molar-refractivity contribution in [3.8, 4) is 27.8 Å². The Hall–Kier alpha value is -3.59. The zero-order valence-corrected chi connectivity index (χ0v) is 17.7. The molecule has 0 aliphatic rings. The summed E-state index contributed by atoms with van der Waals surface area (Å²) < 4.78 is 16.3. The first kappa shape index (κ1) is 19.7. The molecule has 3 aromatic heterocycles. The molecule has 1 aromatic carbocycles. The van der Waals surface area contributed by atoms with E-state index in [4.69, 9.17) is 14.2 Å². The SMILES string of the molecule is COc1cc(OC)c2cc(C(=O)Nc3nc(C)c(-c4ccccn4)s3)[nH]c2c1OC. The van der Waals surface area contributed by atoms with Gasteiger partial charge in [0, 0.05) is 17.6 Å². The molecule has 0 radical (unpaired) electrons. The molecule has 0 saturated carbocycles. The van der Waals surface area contributed by atoms with E-state index in [2.05, 4.69) is 20.3 Å². The molecule has 0 aliphatic heterocycles. The smallest absolute Gasteiger partial charge is 0.273 e. The minimum atomic E-state index is -0.324. The molecule has 0 saturated heterocycles. The van der Waals surface area contributed by atoms with Crippen LogP contribution in [0.2, 0.25) is 0 Å². The van der Waals surface area contributed by atoms with E-state index >= 15 is 0 Å². The number of H-pyrrole nitrogens is 1. The fraction of sp³-hybridized carbons (Fsp3) is 0.190. The normalized spacial score (nSPS) is 10.8. The van der Waals surface area contributed by atoms with Gasteiger partial charge in [-0.15, -0.1) is 0 Å². The van der Waals surface area contributed by atoms with E-state index in [9.17, 15) is 4.79 Å². The van der Waals surface area contributed by atoms with Gasteiger partial charge in [0.2, 0.25) is 0 Å². The Bertz CT molecular complexity index is 1220. The van der Waals surface area contributed by atoms with Crippen LogP contribution in [0.25, 0.3) is 21.5 Å². The molecule has 4 aromatic rings. The predicted octanol–water partition coefficient (Wildman–Crippen LogP) is 4.27. The van der Waals surface area contributed by atoms with Crippen molar-refractivity contribution in [2.24, 2.45) is 0 Å². The summed E-state index contributed by atoms with van der Waals surface area (Å²) in [5.41, 5.74) is 2.59. The molecular formula is C21H20N4O4S. The average molecular weight is 424 g/mol. The lowest BCUT2D eigenvalue weighted by molar-refractivity contribution is 0.102. The molecule has 2 N–H and O–H groups in total. The molecule has 8 nitrogen and oxygen atoms in total. The van der Waals surface area contributed by atoms with Gasteiger partial charge in [0.05, 0.1) is 43.1 Å². The summed E-state index contributed by atoms with van der Waals surface area (Å²) in [6, 6.07) is 9.12. The Morgan fingerprint density at radius 3 is 2.57 bits per heavy atom. The van der Waals surface area contributed by atoms with Crippen LogP contribution in [-0.2, 0) is 0 Å². The number of hydrogen-bond donors (Lipinski definition) is 2. The van der Waals surface area contributed by atoms with Crippen molar-refractivity contribution in [1.29, 1.82) is 0 Å². The third-order valence-corrected chi connectivity index (χ3v) is 5.69. The highest BCUT2D eigenvalue weighted by molar-refractivity contribution is 7.19. The number of fused-ring (bicyclic) bond motifs is 1. The van der Waals surface area contributed by atoms with Crippen LogP contribution in [0.5, 0.6) is 17.2 Å². The van der Waals surface area contributed by atoms with Crippen LogP contribution in [0.1, 0.15) is 16.2 Å². The van der Waals surface area contributed by atoms with Gasteiger partial charge in [-0.05, 0) is 25.1 Å². The molecule has 4 rings (SSSR count). The number of aryl methyl sites for hydroxylation is 1. The minimum Gasteiger partial charge on any atom is -0.496 e. The van der Waals surface area contributed by atoms with Gasteiger partial charge in [0.25, 0.3) is 5.91 Å². The van der Waals surface area contributed by atoms with Gasteiger partial charge in [0.15, 0.2) is 16.6 Å². The molecule has 0 fully saturated rings. The number of nitrogens with zero attached hydrogens (tertiary/aromatic N) is 2. The van der Waals surface area contributed by atoms with Gasteiger partial charge < -0.3 is 19.2 Å². The summed E-state index contributed by atoms with van der Waals surface area (Å²) in [5.74, 6) is 1.25. The molecule has 0 spiro atoms. The number of hydrogen-bond acceptors (Lipinski definition) is 7. The Morgan fingerprint density at radius 2 is 1.90 bits per heavy atom. The van der Waals surface area contributed by atoms with Gasteiger partial charge in [-0.3, -0.25) is 15.1 Å². The zero-order chi connectivity index (χ0) is 21.3. The lowest BCUT2D eigenvalue weighted by Crippen LogP contribution is -2.11. The predicted molar refractivity (Wildman–Crippen MR) is 116 cm³/mol. The van der Waals surface area contributed by atoms with Crippen molar-refractivity contribution in [3.05, 3.63) is 47.9 Å². The van der Waals surface area contributed by atoms with E-state index in [0.717, 1.165) is 16.3 Å². The number of anilines is 1. The van der Waals surface area contributed by atoms with Crippen LogP contribution < -0.4 is 19.5 Å². The first-order valence-corrected chi connectivity index (χ1v) is 9.89. The summed E-state index contributed by atoms with van der Waals surface area (Å²) in [7, 11) is 4.65. The Balaban J connectivity index is 1.67.